The fourth-order valence-corrected chi connectivity index (χ4v) is 4.21. The number of hydrogen-bond acceptors (Lipinski definition) is 4. The van der Waals surface area contributed by atoms with Crippen LogP contribution < -0.4 is 10.6 Å². The summed E-state index contributed by atoms with van der Waals surface area (Å²) in [4.78, 5) is 11.8. The Morgan fingerprint density at radius 2 is 2.05 bits per heavy atom. The Hall–Kier alpha value is -1.76. The number of carbonyl (C=O) groups excluding carboxylic acids is 1. The monoisotopic (exact) mass is 284 g/mol. The summed E-state index contributed by atoms with van der Waals surface area (Å²) in [6, 6.07) is 5.81. The molecule has 3 N–H and O–H groups in total. The van der Waals surface area contributed by atoms with Crippen molar-refractivity contribution < 1.29 is 18.3 Å². The van der Waals surface area contributed by atoms with Crippen LogP contribution >= 0.6 is 0 Å². The number of sulfone groups is 1. The van der Waals surface area contributed by atoms with Gasteiger partial charge in [-0.2, -0.15) is 0 Å². The minimum absolute atomic E-state index is 0.0400. The molecule has 0 saturated carbocycles. The maximum Gasteiger partial charge on any atom is 0.319 e. The summed E-state index contributed by atoms with van der Waals surface area (Å²) in [6.45, 7) is 1.70. The number of para-hydroxylation sites is 2. The Kier molecular flexibility index (Phi) is 3.40. The molecule has 1 aromatic carbocycles. The first-order valence-corrected chi connectivity index (χ1v) is 7.69. The number of benzene rings is 1. The van der Waals surface area contributed by atoms with Crippen LogP contribution in [-0.4, -0.2) is 36.6 Å². The topological polar surface area (TPSA) is 95.5 Å². The van der Waals surface area contributed by atoms with E-state index in [9.17, 15) is 18.3 Å². The number of anilines is 1. The van der Waals surface area contributed by atoms with Gasteiger partial charge in [0.1, 0.15) is 5.75 Å². The zero-order chi connectivity index (χ0) is 14.1. The third-order valence-electron chi connectivity index (χ3n) is 3.07. The van der Waals surface area contributed by atoms with E-state index in [1.54, 1.807) is 25.1 Å². The quantitative estimate of drug-likeness (QED) is 0.708. The second-order valence-corrected chi connectivity index (χ2v) is 7.18. The number of urea groups is 1. The molecule has 0 aliphatic carbocycles. The molecule has 0 bridgehead atoms. The van der Waals surface area contributed by atoms with Crippen molar-refractivity contribution in [1.29, 1.82) is 0 Å². The molecule has 1 saturated heterocycles. The highest BCUT2D eigenvalue weighted by Gasteiger charge is 2.39. The summed E-state index contributed by atoms with van der Waals surface area (Å²) >= 11 is 0. The van der Waals surface area contributed by atoms with Crippen LogP contribution in [0.5, 0.6) is 5.75 Å². The molecule has 1 aliphatic heterocycles. The predicted octanol–water partition coefficient (Wildman–Crippen LogP) is 1.09. The zero-order valence-corrected chi connectivity index (χ0v) is 11.3. The largest absolute Gasteiger partial charge is 0.506 e. The summed E-state index contributed by atoms with van der Waals surface area (Å²) in [5.41, 5.74) is -0.475. The molecule has 6 nitrogen and oxygen atoms in total. The molecule has 1 atom stereocenters. The number of rotatable bonds is 2. The molecule has 2 rings (SSSR count). The summed E-state index contributed by atoms with van der Waals surface area (Å²) < 4.78 is 22.9. The molecule has 2 amide bonds. The number of phenolic OH excluding ortho intramolecular Hbond substituents is 1. The van der Waals surface area contributed by atoms with Crippen LogP contribution in [0.15, 0.2) is 24.3 Å². The van der Waals surface area contributed by atoms with Gasteiger partial charge in [-0.05, 0) is 25.5 Å². The van der Waals surface area contributed by atoms with E-state index in [-0.39, 0.29) is 22.9 Å². The van der Waals surface area contributed by atoms with Gasteiger partial charge in [-0.3, -0.25) is 0 Å². The molecule has 1 aromatic rings. The average Bonchev–Trinajstić information content (AvgIpc) is 2.56. The fraction of sp³-hybridized carbons (Fsp3) is 0.417. The lowest BCUT2D eigenvalue weighted by Crippen LogP contribution is -2.48. The van der Waals surface area contributed by atoms with Gasteiger partial charge in [-0.15, -0.1) is 0 Å². The molecule has 0 radical (unpaired) electrons. The van der Waals surface area contributed by atoms with E-state index in [2.05, 4.69) is 10.6 Å². The first-order chi connectivity index (χ1) is 8.80. The van der Waals surface area contributed by atoms with E-state index in [0.717, 1.165) is 0 Å². The predicted molar refractivity (Wildman–Crippen MR) is 71.9 cm³/mol. The maximum absolute atomic E-state index is 11.8. The van der Waals surface area contributed by atoms with Gasteiger partial charge in [0.15, 0.2) is 9.84 Å². The van der Waals surface area contributed by atoms with Crippen LogP contribution in [0.2, 0.25) is 0 Å². The molecule has 7 heteroatoms. The highest BCUT2D eigenvalue weighted by atomic mass is 32.2. The van der Waals surface area contributed by atoms with Gasteiger partial charge in [-0.25, -0.2) is 13.2 Å². The summed E-state index contributed by atoms with van der Waals surface area (Å²) in [5, 5.41) is 14.7. The van der Waals surface area contributed by atoms with Crippen molar-refractivity contribution in [2.45, 2.75) is 18.9 Å². The van der Waals surface area contributed by atoms with Gasteiger partial charge >= 0.3 is 6.03 Å². The van der Waals surface area contributed by atoms with Crippen molar-refractivity contribution in [3.63, 3.8) is 0 Å². The molecule has 1 unspecified atom stereocenters. The van der Waals surface area contributed by atoms with E-state index in [1.165, 1.54) is 6.07 Å². The molecule has 1 aliphatic rings. The van der Waals surface area contributed by atoms with Gasteiger partial charge in [-0.1, -0.05) is 12.1 Å². The molecule has 1 heterocycles. The van der Waals surface area contributed by atoms with Crippen molar-refractivity contribution in [2.75, 3.05) is 16.8 Å². The highest BCUT2D eigenvalue weighted by Crippen LogP contribution is 2.24. The normalized spacial score (nSPS) is 24.9. The van der Waals surface area contributed by atoms with Crippen LogP contribution in [0.25, 0.3) is 0 Å². The standard InChI is InChI=1S/C12H16N2O4S/c1-12(6-7-19(17,18)8-12)14-11(16)13-9-4-2-3-5-10(9)15/h2-5,15H,6-8H2,1H3,(H2,13,14,16). The Morgan fingerprint density at radius 3 is 2.63 bits per heavy atom. The Morgan fingerprint density at radius 1 is 1.37 bits per heavy atom. The second-order valence-electron chi connectivity index (χ2n) is 5.00. The summed E-state index contributed by atoms with van der Waals surface area (Å²) in [7, 11) is -3.07. The lowest BCUT2D eigenvalue weighted by molar-refractivity contribution is 0.242. The molecular formula is C12H16N2O4S. The van der Waals surface area contributed by atoms with Gasteiger partial charge in [0.2, 0.25) is 0 Å². The SMILES string of the molecule is CC1(NC(=O)Nc2ccccc2O)CCS(=O)(=O)C1. The number of carbonyl (C=O) groups is 1. The molecular weight excluding hydrogens is 268 g/mol. The summed E-state index contributed by atoms with van der Waals surface area (Å²) in [5.74, 6) is -0.0176. The molecule has 19 heavy (non-hydrogen) atoms. The van der Waals surface area contributed by atoms with Crippen LogP contribution in [0, 0.1) is 0 Å². The van der Waals surface area contributed by atoms with Gasteiger partial charge in [0.25, 0.3) is 0 Å². The van der Waals surface area contributed by atoms with Gasteiger partial charge in [0.05, 0.1) is 22.7 Å². The fourth-order valence-electron chi connectivity index (χ4n) is 2.12. The molecule has 0 spiro atoms. The number of aromatic hydroxyl groups is 1. The van der Waals surface area contributed by atoms with E-state index in [1.807, 2.05) is 0 Å². The van der Waals surface area contributed by atoms with Crippen LogP contribution in [0.3, 0.4) is 0 Å². The Labute approximate surface area is 111 Å². The van der Waals surface area contributed by atoms with Gasteiger partial charge in [0, 0.05) is 0 Å². The molecule has 104 valence electrons. The molecule has 0 aromatic heterocycles. The van der Waals surface area contributed by atoms with Crippen LogP contribution in [-0.2, 0) is 9.84 Å². The van der Waals surface area contributed by atoms with Crippen molar-refractivity contribution in [3.05, 3.63) is 24.3 Å². The highest BCUT2D eigenvalue weighted by molar-refractivity contribution is 7.91. The summed E-state index contributed by atoms with van der Waals surface area (Å²) in [6.07, 6.45) is 0.392. The Bertz CT molecular complexity index is 600. The van der Waals surface area contributed by atoms with E-state index < -0.39 is 21.4 Å². The third kappa shape index (κ3) is 3.37. The Balaban J connectivity index is 2.01. The van der Waals surface area contributed by atoms with E-state index in [4.69, 9.17) is 0 Å². The van der Waals surface area contributed by atoms with Gasteiger partial charge < -0.3 is 15.7 Å². The van der Waals surface area contributed by atoms with Crippen molar-refractivity contribution in [1.82, 2.24) is 5.32 Å². The zero-order valence-electron chi connectivity index (χ0n) is 10.5. The molecule has 1 fully saturated rings. The first kappa shape index (κ1) is 13.7. The third-order valence-corrected chi connectivity index (χ3v) is 4.97. The van der Waals surface area contributed by atoms with Crippen molar-refractivity contribution in [3.8, 4) is 5.75 Å². The number of amides is 2. The van der Waals surface area contributed by atoms with Crippen LogP contribution in [0.1, 0.15) is 13.3 Å². The minimum Gasteiger partial charge on any atom is -0.506 e. The number of hydrogen-bond donors (Lipinski definition) is 3. The van der Waals surface area contributed by atoms with E-state index >= 15 is 0 Å². The van der Waals surface area contributed by atoms with Crippen molar-refractivity contribution in [2.24, 2.45) is 0 Å². The lowest BCUT2D eigenvalue weighted by Gasteiger charge is -2.24. The van der Waals surface area contributed by atoms with Crippen molar-refractivity contribution >= 4 is 21.6 Å². The number of phenols is 1. The average molecular weight is 284 g/mol. The van der Waals surface area contributed by atoms with E-state index in [0.29, 0.717) is 6.42 Å². The maximum atomic E-state index is 11.8. The smallest absolute Gasteiger partial charge is 0.319 e. The lowest BCUT2D eigenvalue weighted by atomic mass is 10.0. The minimum atomic E-state index is -3.07. The first-order valence-electron chi connectivity index (χ1n) is 5.87. The second kappa shape index (κ2) is 4.73. The van der Waals surface area contributed by atoms with Crippen LogP contribution in [0.4, 0.5) is 10.5 Å². The number of nitrogens with one attached hydrogen (secondary N) is 2.